The van der Waals surface area contributed by atoms with Crippen LogP contribution < -0.4 is 5.32 Å². The molecule has 1 fully saturated rings. The van der Waals surface area contributed by atoms with E-state index in [2.05, 4.69) is 44.3 Å². The number of nitrogens with zero attached hydrogens (tertiary/aromatic N) is 1. The fraction of sp³-hybridized carbons (Fsp3) is 0.533. The minimum Gasteiger partial charge on any atom is -0.307 e. The van der Waals surface area contributed by atoms with Crippen LogP contribution in [0.5, 0.6) is 0 Å². The van der Waals surface area contributed by atoms with Gasteiger partial charge < -0.3 is 5.32 Å². The number of hydrogen-bond donors (Lipinski definition) is 1. The lowest BCUT2D eigenvalue weighted by molar-refractivity contribution is 0.181. The van der Waals surface area contributed by atoms with Gasteiger partial charge in [-0.25, -0.2) is 4.98 Å². The third-order valence-corrected chi connectivity index (χ3v) is 5.04. The monoisotopic (exact) mass is 260 g/mol. The molecule has 1 N–H and O–H groups in total. The first-order valence-corrected chi connectivity index (χ1v) is 7.48. The Morgan fingerprint density at radius 2 is 2.22 bits per heavy atom. The van der Waals surface area contributed by atoms with Crippen molar-refractivity contribution in [3.05, 3.63) is 28.8 Å². The van der Waals surface area contributed by atoms with Crippen LogP contribution in [-0.4, -0.2) is 11.5 Å². The predicted molar refractivity (Wildman–Crippen MR) is 78.1 cm³/mol. The van der Waals surface area contributed by atoms with Gasteiger partial charge in [0.2, 0.25) is 0 Å². The highest BCUT2D eigenvalue weighted by Crippen LogP contribution is 2.42. The Balaban J connectivity index is 2.03. The fourth-order valence-electron chi connectivity index (χ4n) is 2.81. The van der Waals surface area contributed by atoms with E-state index in [1.165, 1.54) is 28.1 Å². The molecule has 1 aromatic carbocycles. The van der Waals surface area contributed by atoms with Gasteiger partial charge in [-0.15, -0.1) is 11.3 Å². The molecule has 1 aromatic heterocycles. The van der Waals surface area contributed by atoms with E-state index in [-0.39, 0.29) is 0 Å². The molecule has 1 saturated heterocycles. The standard InChI is InChI=1S/C15H20N2S/c1-10-5-6-12-11(9-10)17-14(18-12)13-15(2,3)7-4-8-16-13/h5-6,9,13,16H,4,7-8H2,1-3H3. The van der Waals surface area contributed by atoms with Gasteiger partial charge in [-0.05, 0) is 49.4 Å². The molecule has 0 spiro atoms. The van der Waals surface area contributed by atoms with E-state index in [0.717, 1.165) is 12.1 Å². The molecule has 0 bridgehead atoms. The molecule has 1 atom stereocenters. The van der Waals surface area contributed by atoms with Crippen LogP contribution in [0.15, 0.2) is 18.2 Å². The average Bonchev–Trinajstić information content (AvgIpc) is 2.70. The van der Waals surface area contributed by atoms with Crippen molar-refractivity contribution in [3.63, 3.8) is 0 Å². The number of fused-ring (bicyclic) bond motifs is 1. The van der Waals surface area contributed by atoms with Crippen molar-refractivity contribution in [1.82, 2.24) is 10.3 Å². The van der Waals surface area contributed by atoms with E-state index in [4.69, 9.17) is 4.98 Å². The Labute approximate surface area is 112 Å². The van der Waals surface area contributed by atoms with Crippen molar-refractivity contribution in [1.29, 1.82) is 0 Å². The summed E-state index contributed by atoms with van der Waals surface area (Å²) in [5.74, 6) is 0. The van der Waals surface area contributed by atoms with Crippen LogP contribution in [0.4, 0.5) is 0 Å². The summed E-state index contributed by atoms with van der Waals surface area (Å²) >= 11 is 1.84. The van der Waals surface area contributed by atoms with Gasteiger partial charge in [0.15, 0.2) is 0 Å². The second-order valence-corrected chi connectivity index (χ2v) is 7.06. The largest absolute Gasteiger partial charge is 0.307 e. The zero-order chi connectivity index (χ0) is 12.8. The molecular weight excluding hydrogens is 240 g/mol. The Morgan fingerprint density at radius 3 is 3.00 bits per heavy atom. The summed E-state index contributed by atoms with van der Waals surface area (Å²) in [6.45, 7) is 7.94. The fourth-order valence-corrected chi connectivity index (χ4v) is 4.05. The molecule has 0 saturated carbocycles. The van der Waals surface area contributed by atoms with E-state index < -0.39 is 0 Å². The van der Waals surface area contributed by atoms with Crippen LogP contribution in [0, 0.1) is 12.3 Å². The number of benzene rings is 1. The Hall–Kier alpha value is -0.930. The third-order valence-electron chi connectivity index (χ3n) is 3.93. The predicted octanol–water partition coefficient (Wildman–Crippen LogP) is 4.06. The number of rotatable bonds is 1. The highest BCUT2D eigenvalue weighted by atomic mass is 32.1. The second kappa shape index (κ2) is 4.32. The molecule has 1 unspecified atom stereocenters. The Kier molecular flexibility index (Phi) is 2.91. The van der Waals surface area contributed by atoms with E-state index in [1.807, 2.05) is 11.3 Å². The van der Waals surface area contributed by atoms with Gasteiger partial charge in [0.05, 0.1) is 16.3 Å². The van der Waals surface area contributed by atoms with Crippen molar-refractivity contribution in [3.8, 4) is 0 Å². The second-order valence-electron chi connectivity index (χ2n) is 6.00. The van der Waals surface area contributed by atoms with E-state index >= 15 is 0 Å². The molecule has 3 heteroatoms. The van der Waals surface area contributed by atoms with Gasteiger partial charge >= 0.3 is 0 Å². The molecule has 0 radical (unpaired) electrons. The highest BCUT2D eigenvalue weighted by Gasteiger charge is 2.35. The first-order valence-electron chi connectivity index (χ1n) is 6.67. The number of aryl methyl sites for hydroxylation is 1. The summed E-state index contributed by atoms with van der Waals surface area (Å²) in [6.07, 6.45) is 2.55. The molecule has 96 valence electrons. The summed E-state index contributed by atoms with van der Waals surface area (Å²) < 4.78 is 1.30. The molecular formula is C15H20N2S. The van der Waals surface area contributed by atoms with Crippen molar-refractivity contribution in [2.24, 2.45) is 5.41 Å². The molecule has 0 amide bonds. The van der Waals surface area contributed by atoms with E-state index in [9.17, 15) is 0 Å². The van der Waals surface area contributed by atoms with Crippen molar-refractivity contribution in [2.75, 3.05) is 6.54 Å². The minimum atomic E-state index is 0.307. The zero-order valence-corrected chi connectivity index (χ0v) is 12.1. The quantitative estimate of drug-likeness (QED) is 0.836. The van der Waals surface area contributed by atoms with Crippen LogP contribution >= 0.6 is 11.3 Å². The number of nitrogens with one attached hydrogen (secondary N) is 1. The third kappa shape index (κ3) is 2.06. The smallest absolute Gasteiger partial charge is 0.111 e. The van der Waals surface area contributed by atoms with Gasteiger partial charge in [-0.1, -0.05) is 19.9 Å². The molecule has 2 heterocycles. The maximum absolute atomic E-state index is 4.85. The number of hydrogen-bond acceptors (Lipinski definition) is 3. The maximum Gasteiger partial charge on any atom is 0.111 e. The van der Waals surface area contributed by atoms with Gasteiger partial charge in [-0.3, -0.25) is 0 Å². The molecule has 2 aromatic rings. The van der Waals surface area contributed by atoms with E-state index in [1.54, 1.807) is 0 Å². The summed E-state index contributed by atoms with van der Waals surface area (Å²) in [4.78, 5) is 4.85. The molecule has 0 aliphatic carbocycles. The first kappa shape index (κ1) is 12.1. The highest BCUT2D eigenvalue weighted by molar-refractivity contribution is 7.18. The van der Waals surface area contributed by atoms with Crippen LogP contribution in [0.1, 0.15) is 43.3 Å². The Bertz CT molecular complexity index is 571. The topological polar surface area (TPSA) is 24.9 Å². The Morgan fingerprint density at radius 1 is 1.39 bits per heavy atom. The lowest BCUT2D eigenvalue weighted by Gasteiger charge is -2.38. The van der Waals surface area contributed by atoms with Crippen molar-refractivity contribution >= 4 is 21.6 Å². The molecule has 18 heavy (non-hydrogen) atoms. The van der Waals surface area contributed by atoms with Gasteiger partial charge in [-0.2, -0.15) is 0 Å². The van der Waals surface area contributed by atoms with Gasteiger partial charge in [0.25, 0.3) is 0 Å². The van der Waals surface area contributed by atoms with Gasteiger partial charge in [0.1, 0.15) is 5.01 Å². The van der Waals surface area contributed by atoms with E-state index in [0.29, 0.717) is 11.5 Å². The van der Waals surface area contributed by atoms with Crippen LogP contribution in [0.3, 0.4) is 0 Å². The molecule has 2 nitrogen and oxygen atoms in total. The average molecular weight is 260 g/mol. The van der Waals surface area contributed by atoms with Crippen molar-refractivity contribution < 1.29 is 0 Å². The maximum atomic E-state index is 4.85. The number of thiazole rings is 1. The van der Waals surface area contributed by atoms with Crippen LogP contribution in [0.2, 0.25) is 0 Å². The van der Waals surface area contributed by atoms with Crippen LogP contribution in [-0.2, 0) is 0 Å². The molecule has 1 aliphatic rings. The summed E-state index contributed by atoms with van der Waals surface area (Å²) in [5.41, 5.74) is 2.75. The molecule has 1 aliphatic heterocycles. The summed E-state index contributed by atoms with van der Waals surface area (Å²) in [7, 11) is 0. The minimum absolute atomic E-state index is 0.307. The first-order chi connectivity index (χ1) is 8.56. The summed E-state index contributed by atoms with van der Waals surface area (Å²) in [5, 5.41) is 4.90. The zero-order valence-electron chi connectivity index (χ0n) is 11.3. The lowest BCUT2D eigenvalue weighted by Crippen LogP contribution is -2.39. The SMILES string of the molecule is Cc1ccc2sc(C3NCCCC3(C)C)nc2c1. The van der Waals surface area contributed by atoms with Gasteiger partial charge in [0, 0.05) is 0 Å². The lowest BCUT2D eigenvalue weighted by atomic mass is 9.78. The number of aromatic nitrogens is 1. The molecule has 3 rings (SSSR count). The van der Waals surface area contributed by atoms with Crippen LogP contribution in [0.25, 0.3) is 10.2 Å². The number of piperidine rings is 1. The summed E-state index contributed by atoms with van der Waals surface area (Å²) in [6, 6.07) is 6.96. The normalized spacial score (nSPS) is 23.4. The van der Waals surface area contributed by atoms with Crippen molar-refractivity contribution in [2.45, 2.75) is 39.7 Å².